The minimum Gasteiger partial charge on any atom is -0.494 e. The van der Waals surface area contributed by atoms with E-state index in [4.69, 9.17) is 10.5 Å². The minimum absolute atomic E-state index is 0.132. The van der Waals surface area contributed by atoms with Gasteiger partial charge in [0.1, 0.15) is 10.8 Å². The van der Waals surface area contributed by atoms with Gasteiger partial charge in [0.15, 0.2) is 0 Å². The average Bonchev–Trinajstić information content (AvgIpc) is 3.07. The number of thiazole rings is 1. The fourth-order valence-electron chi connectivity index (χ4n) is 1.90. The normalized spacial score (nSPS) is 12.7. The first-order valence-electron chi connectivity index (χ1n) is 6.10. The number of hydrogen-bond donors (Lipinski definition) is 1. The molecule has 19 heavy (non-hydrogen) atoms. The van der Waals surface area contributed by atoms with Gasteiger partial charge >= 0.3 is 0 Å². The van der Waals surface area contributed by atoms with Crippen LogP contribution in [0.1, 0.15) is 22.9 Å². The molecule has 5 heteroatoms. The molecule has 0 aliphatic carbocycles. The summed E-state index contributed by atoms with van der Waals surface area (Å²) in [6, 6.07) is 9.90. The highest BCUT2D eigenvalue weighted by Gasteiger charge is 2.15. The van der Waals surface area contributed by atoms with Crippen LogP contribution < -0.4 is 10.5 Å². The summed E-state index contributed by atoms with van der Waals surface area (Å²) in [6.07, 6.45) is 0. The highest BCUT2D eigenvalue weighted by molar-refractivity contribution is 7.18. The SMILES string of the molecule is CCOc1ccc2nc(C(N)c3cccs3)sc2c1. The van der Waals surface area contributed by atoms with Crippen LogP contribution in [0.5, 0.6) is 5.75 Å². The topological polar surface area (TPSA) is 48.1 Å². The Labute approximate surface area is 119 Å². The summed E-state index contributed by atoms with van der Waals surface area (Å²) in [5, 5.41) is 2.99. The molecule has 3 nitrogen and oxygen atoms in total. The predicted octanol–water partition coefficient (Wildman–Crippen LogP) is 3.80. The van der Waals surface area contributed by atoms with Gasteiger partial charge in [-0.05, 0) is 36.6 Å². The standard InChI is InChI=1S/C14H14N2OS2/c1-2-17-9-5-6-10-12(8-9)19-14(16-10)13(15)11-4-3-7-18-11/h3-8,13H,2,15H2,1H3. The van der Waals surface area contributed by atoms with E-state index in [1.807, 2.05) is 42.6 Å². The fraction of sp³-hybridized carbons (Fsp3) is 0.214. The second kappa shape index (κ2) is 5.28. The van der Waals surface area contributed by atoms with Crippen LogP contribution in [-0.4, -0.2) is 11.6 Å². The average molecular weight is 290 g/mol. The molecule has 0 bridgehead atoms. The Morgan fingerprint density at radius 2 is 2.26 bits per heavy atom. The molecule has 98 valence electrons. The second-order valence-corrected chi connectivity index (χ2v) is 6.15. The molecule has 0 spiro atoms. The van der Waals surface area contributed by atoms with Crippen molar-refractivity contribution in [2.45, 2.75) is 13.0 Å². The maximum atomic E-state index is 6.25. The zero-order valence-electron chi connectivity index (χ0n) is 10.5. The lowest BCUT2D eigenvalue weighted by Crippen LogP contribution is -2.09. The molecule has 1 aromatic carbocycles. The van der Waals surface area contributed by atoms with Crippen LogP contribution in [-0.2, 0) is 0 Å². The molecule has 0 fully saturated rings. The van der Waals surface area contributed by atoms with Gasteiger partial charge < -0.3 is 10.5 Å². The lowest BCUT2D eigenvalue weighted by atomic mass is 10.2. The van der Waals surface area contributed by atoms with Gasteiger partial charge in [-0.1, -0.05) is 6.07 Å². The van der Waals surface area contributed by atoms with E-state index in [0.29, 0.717) is 6.61 Å². The molecule has 3 rings (SSSR count). The van der Waals surface area contributed by atoms with E-state index >= 15 is 0 Å². The Balaban J connectivity index is 1.97. The summed E-state index contributed by atoms with van der Waals surface area (Å²) in [5.41, 5.74) is 7.23. The van der Waals surface area contributed by atoms with Crippen LogP contribution in [0.15, 0.2) is 35.7 Å². The lowest BCUT2D eigenvalue weighted by Gasteiger charge is -2.03. The quantitative estimate of drug-likeness (QED) is 0.795. The molecular weight excluding hydrogens is 276 g/mol. The third-order valence-electron chi connectivity index (χ3n) is 2.80. The Morgan fingerprint density at radius 1 is 1.37 bits per heavy atom. The van der Waals surface area contributed by atoms with E-state index in [2.05, 4.69) is 4.98 Å². The Hall–Kier alpha value is -1.43. The molecule has 3 aromatic rings. The van der Waals surface area contributed by atoms with Crippen molar-refractivity contribution in [1.29, 1.82) is 0 Å². The van der Waals surface area contributed by atoms with Crippen LogP contribution >= 0.6 is 22.7 Å². The number of hydrogen-bond acceptors (Lipinski definition) is 5. The van der Waals surface area contributed by atoms with Crippen molar-refractivity contribution in [2.75, 3.05) is 6.61 Å². The summed E-state index contributed by atoms with van der Waals surface area (Å²) in [7, 11) is 0. The van der Waals surface area contributed by atoms with Crippen LogP contribution in [0.3, 0.4) is 0 Å². The number of aromatic nitrogens is 1. The molecule has 0 aliphatic rings. The van der Waals surface area contributed by atoms with Crippen LogP contribution in [0.2, 0.25) is 0 Å². The highest BCUT2D eigenvalue weighted by atomic mass is 32.1. The summed E-state index contributed by atoms with van der Waals surface area (Å²) in [6.45, 7) is 2.65. The number of benzene rings is 1. The third kappa shape index (κ3) is 2.49. The van der Waals surface area contributed by atoms with Gasteiger partial charge in [0, 0.05) is 4.88 Å². The van der Waals surface area contributed by atoms with Gasteiger partial charge in [-0.2, -0.15) is 0 Å². The van der Waals surface area contributed by atoms with E-state index in [0.717, 1.165) is 25.9 Å². The zero-order chi connectivity index (χ0) is 13.2. The molecule has 0 saturated carbocycles. The number of nitrogens with two attached hydrogens (primary N) is 1. The number of fused-ring (bicyclic) bond motifs is 1. The van der Waals surface area contributed by atoms with Gasteiger partial charge in [0.05, 0.1) is 22.9 Å². The number of ether oxygens (including phenoxy) is 1. The van der Waals surface area contributed by atoms with Crippen molar-refractivity contribution >= 4 is 32.9 Å². The summed E-state index contributed by atoms with van der Waals surface area (Å²) < 4.78 is 6.62. The minimum atomic E-state index is -0.132. The highest BCUT2D eigenvalue weighted by Crippen LogP contribution is 2.32. The molecule has 1 unspecified atom stereocenters. The number of rotatable bonds is 4. The van der Waals surface area contributed by atoms with Crippen molar-refractivity contribution in [3.8, 4) is 5.75 Å². The maximum Gasteiger partial charge on any atom is 0.120 e. The molecule has 2 aromatic heterocycles. The monoisotopic (exact) mass is 290 g/mol. The van der Waals surface area contributed by atoms with Crippen LogP contribution in [0.4, 0.5) is 0 Å². The molecule has 0 radical (unpaired) electrons. The van der Waals surface area contributed by atoms with E-state index in [-0.39, 0.29) is 6.04 Å². The molecule has 0 amide bonds. The smallest absolute Gasteiger partial charge is 0.120 e. The first-order valence-corrected chi connectivity index (χ1v) is 7.80. The van der Waals surface area contributed by atoms with Gasteiger partial charge in [-0.15, -0.1) is 22.7 Å². The molecular formula is C14H14N2OS2. The fourth-order valence-corrected chi connectivity index (χ4v) is 3.72. The Bertz CT molecular complexity index is 676. The maximum absolute atomic E-state index is 6.25. The Kier molecular flexibility index (Phi) is 3.50. The Morgan fingerprint density at radius 3 is 3.00 bits per heavy atom. The molecule has 0 saturated heterocycles. The van der Waals surface area contributed by atoms with Crippen LogP contribution in [0.25, 0.3) is 10.2 Å². The third-order valence-corrected chi connectivity index (χ3v) is 4.86. The van der Waals surface area contributed by atoms with Crippen molar-refractivity contribution < 1.29 is 4.74 Å². The van der Waals surface area contributed by atoms with Crippen LogP contribution in [0, 0.1) is 0 Å². The van der Waals surface area contributed by atoms with E-state index in [1.54, 1.807) is 22.7 Å². The van der Waals surface area contributed by atoms with Crippen molar-refractivity contribution in [1.82, 2.24) is 4.98 Å². The summed E-state index contributed by atoms with van der Waals surface area (Å²) >= 11 is 3.30. The zero-order valence-corrected chi connectivity index (χ0v) is 12.1. The lowest BCUT2D eigenvalue weighted by molar-refractivity contribution is 0.341. The first-order chi connectivity index (χ1) is 9.28. The van der Waals surface area contributed by atoms with Crippen molar-refractivity contribution in [2.24, 2.45) is 5.73 Å². The molecule has 1 atom stereocenters. The van der Waals surface area contributed by atoms with Gasteiger partial charge in [-0.25, -0.2) is 4.98 Å². The van der Waals surface area contributed by atoms with Gasteiger partial charge in [0.2, 0.25) is 0 Å². The van der Waals surface area contributed by atoms with Gasteiger partial charge in [-0.3, -0.25) is 0 Å². The molecule has 2 N–H and O–H groups in total. The molecule has 2 heterocycles. The van der Waals surface area contributed by atoms with Crippen molar-refractivity contribution in [3.63, 3.8) is 0 Å². The number of nitrogens with zero attached hydrogens (tertiary/aromatic N) is 1. The van der Waals surface area contributed by atoms with Crippen molar-refractivity contribution in [3.05, 3.63) is 45.6 Å². The predicted molar refractivity (Wildman–Crippen MR) is 81.1 cm³/mol. The number of thiophene rings is 1. The van der Waals surface area contributed by atoms with E-state index < -0.39 is 0 Å². The largest absolute Gasteiger partial charge is 0.494 e. The summed E-state index contributed by atoms with van der Waals surface area (Å²) in [4.78, 5) is 5.76. The second-order valence-electron chi connectivity index (χ2n) is 4.11. The molecule has 0 aliphatic heterocycles. The van der Waals surface area contributed by atoms with E-state index in [9.17, 15) is 0 Å². The first kappa shape index (κ1) is 12.6. The van der Waals surface area contributed by atoms with Gasteiger partial charge in [0.25, 0.3) is 0 Å². The van der Waals surface area contributed by atoms with E-state index in [1.165, 1.54) is 0 Å². The summed E-state index contributed by atoms with van der Waals surface area (Å²) in [5.74, 6) is 0.884.